The van der Waals surface area contributed by atoms with Gasteiger partial charge in [0.25, 0.3) is 5.91 Å². The topological polar surface area (TPSA) is 66.9 Å². The van der Waals surface area contributed by atoms with Crippen LogP contribution in [0.15, 0.2) is 36.5 Å². The first-order valence-corrected chi connectivity index (χ1v) is 10.7. The molecule has 1 amide bonds. The van der Waals surface area contributed by atoms with Crippen LogP contribution in [0.2, 0.25) is 0 Å². The summed E-state index contributed by atoms with van der Waals surface area (Å²) < 4.78 is 11.4. The Morgan fingerprint density at radius 1 is 1.10 bits per heavy atom. The van der Waals surface area contributed by atoms with Gasteiger partial charge in [0, 0.05) is 50.0 Å². The highest BCUT2D eigenvalue weighted by Crippen LogP contribution is 2.29. The Balaban J connectivity index is 1.68. The van der Waals surface area contributed by atoms with Crippen molar-refractivity contribution in [3.63, 3.8) is 0 Å². The molecular formula is C23H32N4O3. The second kappa shape index (κ2) is 10.8. The third-order valence-electron chi connectivity index (χ3n) is 5.08. The summed E-state index contributed by atoms with van der Waals surface area (Å²) in [5, 5.41) is 3.02. The van der Waals surface area contributed by atoms with Crippen molar-refractivity contribution in [3.8, 4) is 11.5 Å². The van der Waals surface area contributed by atoms with Gasteiger partial charge in [0.15, 0.2) is 11.5 Å². The van der Waals surface area contributed by atoms with Gasteiger partial charge >= 0.3 is 0 Å². The Labute approximate surface area is 179 Å². The minimum absolute atomic E-state index is 0.147. The maximum atomic E-state index is 12.8. The number of nitrogens with one attached hydrogen (secondary N) is 1. The van der Waals surface area contributed by atoms with Gasteiger partial charge in [-0.05, 0) is 44.7 Å². The zero-order valence-electron chi connectivity index (χ0n) is 18.2. The maximum absolute atomic E-state index is 12.8. The van der Waals surface area contributed by atoms with Gasteiger partial charge in [-0.3, -0.25) is 4.79 Å². The van der Waals surface area contributed by atoms with Gasteiger partial charge in [-0.25, -0.2) is 4.98 Å². The number of carbonyl (C=O) groups is 1. The minimum atomic E-state index is -0.147. The number of amides is 1. The third kappa shape index (κ3) is 5.63. The predicted molar refractivity (Wildman–Crippen MR) is 119 cm³/mol. The van der Waals surface area contributed by atoms with Gasteiger partial charge in [-0.2, -0.15) is 0 Å². The van der Waals surface area contributed by atoms with Gasteiger partial charge in [0.1, 0.15) is 5.82 Å². The number of hydrogen-bond donors (Lipinski definition) is 1. The fourth-order valence-electron chi connectivity index (χ4n) is 3.40. The molecule has 0 spiro atoms. The van der Waals surface area contributed by atoms with Crippen molar-refractivity contribution in [2.75, 3.05) is 51.3 Å². The Morgan fingerprint density at radius 3 is 2.63 bits per heavy atom. The average molecular weight is 413 g/mol. The van der Waals surface area contributed by atoms with E-state index in [2.05, 4.69) is 34.1 Å². The monoisotopic (exact) mass is 412 g/mol. The highest BCUT2D eigenvalue weighted by Gasteiger charge is 2.18. The molecule has 7 heteroatoms. The van der Waals surface area contributed by atoms with Crippen LogP contribution in [0.5, 0.6) is 11.5 Å². The van der Waals surface area contributed by atoms with Gasteiger partial charge in [-0.15, -0.1) is 0 Å². The lowest BCUT2D eigenvalue weighted by Gasteiger charge is -2.34. The van der Waals surface area contributed by atoms with E-state index >= 15 is 0 Å². The lowest BCUT2D eigenvalue weighted by atomic mass is 10.1. The fraction of sp³-hybridized carbons (Fsp3) is 0.478. The van der Waals surface area contributed by atoms with E-state index in [0.29, 0.717) is 36.8 Å². The standard InChI is InChI=1S/C23H32N4O3/c1-4-15-30-20-9-8-18(16-21(20)29-5-2)23(28)25-17-19-7-6-10-24-22(19)27-13-11-26(3)12-14-27/h6-10,16H,4-5,11-15,17H2,1-3H3,(H,25,28). The molecular weight excluding hydrogens is 380 g/mol. The molecule has 1 aromatic carbocycles. The first-order chi connectivity index (χ1) is 14.6. The van der Waals surface area contributed by atoms with Crippen LogP contribution in [0.3, 0.4) is 0 Å². The maximum Gasteiger partial charge on any atom is 0.251 e. The van der Waals surface area contributed by atoms with Crippen LogP contribution in [0, 0.1) is 0 Å². The van der Waals surface area contributed by atoms with Crippen LogP contribution in [-0.4, -0.2) is 62.2 Å². The summed E-state index contributed by atoms with van der Waals surface area (Å²) in [4.78, 5) is 22.0. The Morgan fingerprint density at radius 2 is 1.90 bits per heavy atom. The molecule has 1 saturated heterocycles. The lowest BCUT2D eigenvalue weighted by Crippen LogP contribution is -2.45. The molecule has 0 atom stereocenters. The molecule has 1 aliphatic heterocycles. The number of likely N-dealkylation sites (N-methyl/N-ethyl adjacent to an activating group) is 1. The SMILES string of the molecule is CCCOc1ccc(C(=O)NCc2cccnc2N2CCN(C)CC2)cc1OCC. The number of hydrogen-bond acceptors (Lipinski definition) is 6. The number of anilines is 1. The summed E-state index contributed by atoms with van der Waals surface area (Å²) in [6, 6.07) is 9.25. The van der Waals surface area contributed by atoms with E-state index in [1.807, 2.05) is 25.3 Å². The van der Waals surface area contributed by atoms with Gasteiger partial charge in [0.05, 0.1) is 13.2 Å². The van der Waals surface area contributed by atoms with Crippen LogP contribution < -0.4 is 19.7 Å². The van der Waals surface area contributed by atoms with Crippen LogP contribution in [0.1, 0.15) is 36.2 Å². The van der Waals surface area contributed by atoms with Crippen molar-refractivity contribution < 1.29 is 14.3 Å². The van der Waals surface area contributed by atoms with Crippen molar-refractivity contribution in [1.82, 2.24) is 15.2 Å². The van der Waals surface area contributed by atoms with Crippen LogP contribution in [0.25, 0.3) is 0 Å². The second-order valence-electron chi connectivity index (χ2n) is 7.40. The first-order valence-electron chi connectivity index (χ1n) is 10.7. The van der Waals surface area contributed by atoms with Crippen molar-refractivity contribution in [1.29, 1.82) is 0 Å². The van der Waals surface area contributed by atoms with E-state index < -0.39 is 0 Å². The number of rotatable bonds is 9. The van der Waals surface area contributed by atoms with E-state index in [1.165, 1.54) is 0 Å². The van der Waals surface area contributed by atoms with E-state index in [4.69, 9.17) is 9.47 Å². The minimum Gasteiger partial charge on any atom is -0.490 e. The molecule has 0 bridgehead atoms. The molecule has 162 valence electrons. The largest absolute Gasteiger partial charge is 0.490 e. The van der Waals surface area contributed by atoms with Crippen molar-refractivity contribution in [3.05, 3.63) is 47.7 Å². The molecule has 2 heterocycles. The first kappa shape index (κ1) is 21.9. The Kier molecular flexibility index (Phi) is 7.90. The number of ether oxygens (including phenoxy) is 2. The summed E-state index contributed by atoms with van der Waals surface area (Å²) in [5.74, 6) is 2.06. The number of benzene rings is 1. The van der Waals surface area contributed by atoms with E-state index in [9.17, 15) is 4.79 Å². The van der Waals surface area contributed by atoms with Crippen molar-refractivity contribution in [2.24, 2.45) is 0 Å². The fourth-order valence-corrected chi connectivity index (χ4v) is 3.40. The second-order valence-corrected chi connectivity index (χ2v) is 7.40. The van der Waals surface area contributed by atoms with E-state index in [-0.39, 0.29) is 5.91 Å². The molecule has 0 saturated carbocycles. The molecule has 1 aromatic heterocycles. The molecule has 1 fully saturated rings. The van der Waals surface area contributed by atoms with Crippen molar-refractivity contribution >= 4 is 11.7 Å². The molecule has 1 aliphatic rings. The van der Waals surface area contributed by atoms with Gasteiger partial charge in [0.2, 0.25) is 0 Å². The highest BCUT2D eigenvalue weighted by molar-refractivity contribution is 5.94. The number of carbonyl (C=O) groups excluding carboxylic acids is 1. The van der Waals surface area contributed by atoms with Crippen LogP contribution in [-0.2, 0) is 6.54 Å². The Hall–Kier alpha value is -2.80. The van der Waals surface area contributed by atoms with Crippen LogP contribution in [0.4, 0.5) is 5.82 Å². The molecule has 0 radical (unpaired) electrons. The predicted octanol–water partition coefficient (Wildman–Crippen LogP) is 2.95. The molecule has 1 N–H and O–H groups in total. The smallest absolute Gasteiger partial charge is 0.251 e. The lowest BCUT2D eigenvalue weighted by molar-refractivity contribution is 0.0950. The molecule has 7 nitrogen and oxygen atoms in total. The summed E-state index contributed by atoms with van der Waals surface area (Å²) in [6.07, 6.45) is 2.72. The summed E-state index contributed by atoms with van der Waals surface area (Å²) in [7, 11) is 2.13. The molecule has 0 unspecified atom stereocenters. The molecule has 30 heavy (non-hydrogen) atoms. The summed E-state index contributed by atoms with van der Waals surface area (Å²) >= 11 is 0. The zero-order chi connectivity index (χ0) is 21.3. The highest BCUT2D eigenvalue weighted by atomic mass is 16.5. The molecule has 3 rings (SSSR count). The third-order valence-corrected chi connectivity index (χ3v) is 5.08. The van der Waals surface area contributed by atoms with E-state index in [0.717, 1.165) is 44.0 Å². The number of pyridine rings is 1. The zero-order valence-corrected chi connectivity index (χ0v) is 18.2. The quantitative estimate of drug-likeness (QED) is 0.683. The van der Waals surface area contributed by atoms with Gasteiger partial charge in [-0.1, -0.05) is 13.0 Å². The van der Waals surface area contributed by atoms with Crippen LogP contribution >= 0.6 is 0 Å². The Bertz CT molecular complexity index is 835. The number of nitrogens with zero attached hydrogens (tertiary/aromatic N) is 3. The summed E-state index contributed by atoms with van der Waals surface area (Å²) in [6.45, 7) is 9.40. The van der Waals surface area contributed by atoms with E-state index in [1.54, 1.807) is 18.2 Å². The average Bonchev–Trinajstić information content (AvgIpc) is 2.77. The molecule has 0 aliphatic carbocycles. The number of piperazine rings is 1. The van der Waals surface area contributed by atoms with Gasteiger partial charge < -0.3 is 24.6 Å². The number of aromatic nitrogens is 1. The summed E-state index contributed by atoms with van der Waals surface area (Å²) in [5.41, 5.74) is 1.57. The normalized spacial score (nSPS) is 14.4. The van der Waals surface area contributed by atoms with Crippen molar-refractivity contribution in [2.45, 2.75) is 26.8 Å². The molecule has 2 aromatic rings.